The molecule has 0 bridgehead atoms. The van der Waals surface area contributed by atoms with Crippen LogP contribution in [0.4, 0.5) is 0 Å². The number of nitrogens with zero attached hydrogens (tertiary/aromatic N) is 2. The molecule has 0 spiro atoms. The first-order valence-electron chi connectivity index (χ1n) is 7.62. The zero-order chi connectivity index (χ0) is 14.8. The molecule has 5 heteroatoms. The van der Waals surface area contributed by atoms with E-state index in [1.165, 1.54) is 0 Å². The Morgan fingerprint density at radius 2 is 2.24 bits per heavy atom. The molecule has 0 amide bonds. The van der Waals surface area contributed by atoms with Crippen LogP contribution < -0.4 is 5.32 Å². The van der Waals surface area contributed by atoms with Gasteiger partial charge in [0.2, 0.25) is 0 Å². The van der Waals surface area contributed by atoms with Gasteiger partial charge in [-0.15, -0.1) is 0 Å². The molecule has 2 unspecified atom stereocenters. The first-order valence-corrected chi connectivity index (χ1v) is 7.62. The molecule has 0 aliphatic carbocycles. The molecule has 2 atom stereocenters. The van der Waals surface area contributed by atoms with Gasteiger partial charge in [0.05, 0.1) is 11.0 Å². The van der Waals surface area contributed by atoms with E-state index in [9.17, 15) is 4.79 Å². The van der Waals surface area contributed by atoms with E-state index in [1.54, 1.807) is 0 Å². The van der Waals surface area contributed by atoms with Crippen LogP contribution in [0.15, 0.2) is 24.3 Å². The van der Waals surface area contributed by atoms with Gasteiger partial charge in [-0.1, -0.05) is 12.1 Å². The summed E-state index contributed by atoms with van der Waals surface area (Å²) >= 11 is 0. The first kappa shape index (κ1) is 14.1. The highest BCUT2D eigenvalue weighted by Crippen LogP contribution is 2.20. The number of aromatic nitrogens is 2. The van der Waals surface area contributed by atoms with Gasteiger partial charge in [0.1, 0.15) is 11.9 Å². The number of hydrogen-bond acceptors (Lipinski definition) is 3. The fraction of sp³-hybridized carbons (Fsp3) is 0.500. The Bertz CT molecular complexity index is 650. The largest absolute Gasteiger partial charge is 0.480 e. The van der Waals surface area contributed by atoms with Crippen molar-refractivity contribution >= 4 is 17.0 Å². The van der Waals surface area contributed by atoms with E-state index < -0.39 is 12.0 Å². The summed E-state index contributed by atoms with van der Waals surface area (Å²) < 4.78 is 2.22. The molecule has 1 aliphatic heterocycles. The molecule has 5 nitrogen and oxygen atoms in total. The maximum absolute atomic E-state index is 11.1. The van der Waals surface area contributed by atoms with Gasteiger partial charge >= 0.3 is 5.97 Å². The molecule has 112 valence electrons. The van der Waals surface area contributed by atoms with E-state index in [2.05, 4.69) is 22.9 Å². The topological polar surface area (TPSA) is 67.2 Å². The lowest BCUT2D eigenvalue weighted by Gasteiger charge is -2.28. The molecule has 0 saturated carbocycles. The molecular formula is C16H21N3O2. The fourth-order valence-electron chi connectivity index (χ4n) is 3.23. The van der Waals surface area contributed by atoms with Gasteiger partial charge in [0.15, 0.2) is 0 Å². The lowest BCUT2D eigenvalue weighted by atomic mass is 9.96. The van der Waals surface area contributed by atoms with Crippen LogP contribution in [0.3, 0.4) is 0 Å². The summed E-state index contributed by atoms with van der Waals surface area (Å²) in [6.45, 7) is 3.00. The van der Waals surface area contributed by atoms with Crippen molar-refractivity contribution in [3.8, 4) is 0 Å². The van der Waals surface area contributed by atoms with Crippen molar-refractivity contribution in [2.24, 2.45) is 0 Å². The number of para-hydroxylation sites is 2. The summed E-state index contributed by atoms with van der Waals surface area (Å²) in [5.41, 5.74) is 2.17. The highest BCUT2D eigenvalue weighted by atomic mass is 16.4. The number of aliphatic carboxylic acids is 1. The fourth-order valence-corrected chi connectivity index (χ4v) is 3.23. The Morgan fingerprint density at radius 1 is 1.43 bits per heavy atom. The summed E-state index contributed by atoms with van der Waals surface area (Å²) in [5.74, 6) is 0.297. The zero-order valence-corrected chi connectivity index (χ0v) is 12.2. The standard InChI is InChI=1S/C16H21N3O2/c1-2-19-14-9-4-3-7-12(14)18-15(19)10-11-6-5-8-13(17-11)16(20)21/h3-4,7,9,11,13,17H,2,5-6,8,10H2,1H3,(H,20,21). The van der Waals surface area contributed by atoms with Crippen LogP contribution in [-0.4, -0.2) is 32.7 Å². The van der Waals surface area contributed by atoms with Crippen LogP contribution in [0.2, 0.25) is 0 Å². The van der Waals surface area contributed by atoms with Crippen LogP contribution in [0, 0.1) is 0 Å². The SMILES string of the molecule is CCn1c(CC2CCCC(C(=O)O)N2)nc2ccccc21. The first-order chi connectivity index (χ1) is 10.2. The third-order valence-electron chi connectivity index (χ3n) is 4.26. The highest BCUT2D eigenvalue weighted by Gasteiger charge is 2.27. The summed E-state index contributed by atoms with van der Waals surface area (Å²) in [4.78, 5) is 15.9. The maximum Gasteiger partial charge on any atom is 0.320 e. The second kappa shape index (κ2) is 5.85. The summed E-state index contributed by atoms with van der Waals surface area (Å²) in [7, 11) is 0. The number of hydrogen-bond donors (Lipinski definition) is 2. The molecule has 2 heterocycles. The van der Waals surface area contributed by atoms with Crippen molar-refractivity contribution in [2.45, 2.75) is 51.2 Å². The zero-order valence-electron chi connectivity index (χ0n) is 12.2. The van der Waals surface area contributed by atoms with Crippen LogP contribution in [-0.2, 0) is 17.8 Å². The predicted molar refractivity (Wildman–Crippen MR) is 81.3 cm³/mol. The Morgan fingerprint density at radius 3 is 3.00 bits per heavy atom. The van der Waals surface area contributed by atoms with Crippen molar-refractivity contribution in [2.75, 3.05) is 0 Å². The number of rotatable bonds is 4. The van der Waals surface area contributed by atoms with Gasteiger partial charge in [-0.05, 0) is 38.3 Å². The maximum atomic E-state index is 11.1. The van der Waals surface area contributed by atoms with E-state index in [-0.39, 0.29) is 6.04 Å². The van der Waals surface area contributed by atoms with Gasteiger partial charge in [0, 0.05) is 19.0 Å². The molecule has 2 aromatic rings. The number of nitrogens with one attached hydrogen (secondary N) is 1. The molecule has 1 aliphatic rings. The van der Waals surface area contributed by atoms with Crippen molar-refractivity contribution in [1.82, 2.24) is 14.9 Å². The van der Waals surface area contributed by atoms with E-state index >= 15 is 0 Å². The summed E-state index contributed by atoms with van der Waals surface area (Å²) in [6.07, 6.45) is 3.47. The van der Waals surface area contributed by atoms with Crippen LogP contribution in [0.5, 0.6) is 0 Å². The average molecular weight is 287 g/mol. The number of piperidine rings is 1. The van der Waals surface area contributed by atoms with Gasteiger partial charge in [0.25, 0.3) is 0 Å². The van der Waals surface area contributed by atoms with Crippen molar-refractivity contribution in [3.63, 3.8) is 0 Å². The van der Waals surface area contributed by atoms with Crippen molar-refractivity contribution in [3.05, 3.63) is 30.1 Å². The van der Waals surface area contributed by atoms with Gasteiger partial charge < -0.3 is 15.0 Å². The second-order valence-corrected chi connectivity index (χ2v) is 5.65. The second-order valence-electron chi connectivity index (χ2n) is 5.65. The van der Waals surface area contributed by atoms with E-state index in [4.69, 9.17) is 10.1 Å². The van der Waals surface area contributed by atoms with Gasteiger partial charge in [-0.2, -0.15) is 0 Å². The number of benzene rings is 1. The predicted octanol–water partition coefficient (Wildman–Crippen LogP) is 2.19. The molecular weight excluding hydrogens is 266 g/mol. The Labute approximate surface area is 124 Å². The van der Waals surface area contributed by atoms with E-state index in [0.29, 0.717) is 0 Å². The number of carboxylic acids is 1. The number of imidazole rings is 1. The Hall–Kier alpha value is -1.88. The molecule has 1 aromatic heterocycles. The number of carbonyl (C=O) groups is 1. The normalized spacial score (nSPS) is 22.5. The number of carboxylic acid groups (broad SMARTS) is 1. The van der Waals surface area contributed by atoms with E-state index in [1.807, 2.05) is 18.2 Å². The van der Waals surface area contributed by atoms with Crippen molar-refractivity contribution in [1.29, 1.82) is 0 Å². The van der Waals surface area contributed by atoms with Gasteiger partial charge in [-0.25, -0.2) is 4.98 Å². The summed E-state index contributed by atoms with van der Waals surface area (Å²) in [6, 6.07) is 7.92. The smallest absolute Gasteiger partial charge is 0.320 e. The number of aryl methyl sites for hydroxylation is 1. The van der Waals surface area contributed by atoms with Gasteiger partial charge in [-0.3, -0.25) is 4.79 Å². The molecule has 2 N–H and O–H groups in total. The number of fused-ring (bicyclic) bond motifs is 1. The molecule has 1 fully saturated rings. The molecule has 1 saturated heterocycles. The van der Waals surface area contributed by atoms with Crippen molar-refractivity contribution < 1.29 is 9.90 Å². The molecule has 3 rings (SSSR count). The minimum absolute atomic E-state index is 0.196. The van der Waals surface area contributed by atoms with Crippen LogP contribution in [0.25, 0.3) is 11.0 Å². The van der Waals surface area contributed by atoms with Crippen LogP contribution >= 0.6 is 0 Å². The highest BCUT2D eigenvalue weighted by molar-refractivity contribution is 5.76. The van der Waals surface area contributed by atoms with Crippen LogP contribution in [0.1, 0.15) is 32.0 Å². The minimum Gasteiger partial charge on any atom is -0.480 e. The molecule has 1 aromatic carbocycles. The monoisotopic (exact) mass is 287 g/mol. The quantitative estimate of drug-likeness (QED) is 0.904. The Balaban J connectivity index is 1.82. The third kappa shape index (κ3) is 2.78. The van der Waals surface area contributed by atoms with E-state index in [0.717, 1.165) is 49.1 Å². The third-order valence-corrected chi connectivity index (χ3v) is 4.26. The Kier molecular flexibility index (Phi) is 3.92. The molecule has 0 radical (unpaired) electrons. The average Bonchev–Trinajstić information content (AvgIpc) is 2.84. The lowest BCUT2D eigenvalue weighted by molar-refractivity contribution is -0.140. The lowest BCUT2D eigenvalue weighted by Crippen LogP contribution is -2.47. The summed E-state index contributed by atoms with van der Waals surface area (Å²) in [5, 5.41) is 12.4. The minimum atomic E-state index is -0.747. The molecule has 21 heavy (non-hydrogen) atoms.